The molecule has 1 unspecified atom stereocenters. The first-order valence-electron chi connectivity index (χ1n) is 6.29. The van der Waals surface area contributed by atoms with Gasteiger partial charge in [0.25, 0.3) is 0 Å². The van der Waals surface area contributed by atoms with E-state index in [0.29, 0.717) is 18.0 Å². The maximum atomic E-state index is 12.5. The Morgan fingerprint density at radius 1 is 1.28 bits per heavy atom. The maximum Gasteiger partial charge on any atom is 0.243 e. The fourth-order valence-corrected chi connectivity index (χ4v) is 4.02. The molecule has 0 amide bonds. The topological polar surface area (TPSA) is 63.4 Å². The zero-order valence-corrected chi connectivity index (χ0v) is 11.7. The lowest BCUT2D eigenvalue weighted by atomic mass is 10.1. The third kappa shape index (κ3) is 2.43. The van der Waals surface area contributed by atoms with E-state index in [4.69, 9.17) is 5.73 Å². The Kier molecular flexibility index (Phi) is 3.75. The van der Waals surface area contributed by atoms with Crippen LogP contribution in [0, 0.1) is 6.92 Å². The van der Waals surface area contributed by atoms with Crippen molar-refractivity contribution in [3.8, 4) is 0 Å². The van der Waals surface area contributed by atoms with E-state index in [1.165, 1.54) is 0 Å². The van der Waals surface area contributed by atoms with Crippen LogP contribution >= 0.6 is 0 Å². The number of nitrogens with two attached hydrogens (primary N) is 1. The van der Waals surface area contributed by atoms with Crippen LogP contribution in [-0.4, -0.2) is 25.8 Å². The molecule has 0 spiro atoms. The molecule has 0 bridgehead atoms. The molecule has 1 atom stereocenters. The van der Waals surface area contributed by atoms with E-state index in [2.05, 4.69) is 0 Å². The molecule has 1 heterocycles. The molecule has 4 nitrogen and oxygen atoms in total. The number of hydrogen-bond acceptors (Lipinski definition) is 3. The van der Waals surface area contributed by atoms with Crippen molar-refractivity contribution in [1.82, 2.24) is 4.31 Å². The van der Waals surface area contributed by atoms with Gasteiger partial charge in [-0.05, 0) is 43.9 Å². The standard InChI is InChI=1S/C13H20N2O2S/c1-10-5-6-12(11(2)14)9-13(10)18(16,17)15-7-3-4-8-15/h5-6,9,11H,3-4,7-8,14H2,1-2H3. The molecule has 1 fully saturated rings. The quantitative estimate of drug-likeness (QED) is 0.909. The van der Waals surface area contributed by atoms with Gasteiger partial charge in [0.15, 0.2) is 0 Å². The molecule has 0 aromatic heterocycles. The van der Waals surface area contributed by atoms with Crippen LogP contribution in [0.2, 0.25) is 0 Å². The minimum atomic E-state index is -3.35. The summed E-state index contributed by atoms with van der Waals surface area (Å²) in [7, 11) is -3.35. The highest BCUT2D eigenvalue weighted by Crippen LogP contribution is 2.25. The van der Waals surface area contributed by atoms with Crippen molar-refractivity contribution in [2.75, 3.05) is 13.1 Å². The van der Waals surface area contributed by atoms with E-state index in [1.807, 2.05) is 26.0 Å². The van der Waals surface area contributed by atoms with E-state index in [1.54, 1.807) is 10.4 Å². The minimum absolute atomic E-state index is 0.155. The zero-order chi connectivity index (χ0) is 13.3. The molecule has 0 aliphatic carbocycles. The Morgan fingerprint density at radius 2 is 1.89 bits per heavy atom. The highest BCUT2D eigenvalue weighted by Gasteiger charge is 2.28. The van der Waals surface area contributed by atoms with Gasteiger partial charge in [0.05, 0.1) is 4.90 Å². The summed E-state index contributed by atoms with van der Waals surface area (Å²) < 4.78 is 26.6. The van der Waals surface area contributed by atoms with Crippen molar-refractivity contribution in [2.45, 2.75) is 37.6 Å². The van der Waals surface area contributed by atoms with Crippen LogP contribution in [0.15, 0.2) is 23.1 Å². The van der Waals surface area contributed by atoms with Gasteiger partial charge >= 0.3 is 0 Å². The van der Waals surface area contributed by atoms with E-state index in [-0.39, 0.29) is 6.04 Å². The monoisotopic (exact) mass is 268 g/mol. The molecule has 0 saturated carbocycles. The molecule has 1 aliphatic heterocycles. The average molecular weight is 268 g/mol. The van der Waals surface area contributed by atoms with Gasteiger partial charge in [-0.1, -0.05) is 12.1 Å². The second-order valence-corrected chi connectivity index (χ2v) is 6.83. The first-order valence-corrected chi connectivity index (χ1v) is 7.73. The first-order chi connectivity index (χ1) is 8.43. The van der Waals surface area contributed by atoms with Gasteiger partial charge in [-0.3, -0.25) is 0 Å². The van der Waals surface area contributed by atoms with Crippen LogP contribution in [0.3, 0.4) is 0 Å². The summed E-state index contributed by atoms with van der Waals surface area (Å²) in [5.41, 5.74) is 7.46. The second-order valence-electron chi connectivity index (χ2n) is 4.92. The van der Waals surface area contributed by atoms with Crippen molar-refractivity contribution >= 4 is 10.0 Å². The van der Waals surface area contributed by atoms with Crippen LogP contribution < -0.4 is 5.73 Å². The third-order valence-electron chi connectivity index (χ3n) is 3.42. The summed E-state index contributed by atoms with van der Waals surface area (Å²) in [6.07, 6.45) is 1.90. The van der Waals surface area contributed by atoms with Crippen molar-refractivity contribution in [2.24, 2.45) is 5.73 Å². The lowest BCUT2D eigenvalue weighted by molar-refractivity contribution is 0.477. The number of benzene rings is 1. The van der Waals surface area contributed by atoms with E-state index in [9.17, 15) is 8.42 Å². The van der Waals surface area contributed by atoms with Crippen LogP contribution in [0.5, 0.6) is 0 Å². The van der Waals surface area contributed by atoms with Crippen molar-refractivity contribution in [3.63, 3.8) is 0 Å². The lowest BCUT2D eigenvalue weighted by Gasteiger charge is -2.18. The molecule has 100 valence electrons. The predicted molar refractivity (Wildman–Crippen MR) is 71.8 cm³/mol. The first kappa shape index (κ1) is 13.5. The Bertz CT molecular complexity index is 532. The second kappa shape index (κ2) is 4.99. The Morgan fingerprint density at radius 3 is 2.44 bits per heavy atom. The van der Waals surface area contributed by atoms with E-state index >= 15 is 0 Å². The van der Waals surface area contributed by atoms with Gasteiger partial charge in [-0.15, -0.1) is 0 Å². The minimum Gasteiger partial charge on any atom is -0.324 e. The Labute approximate surface area is 109 Å². The summed E-state index contributed by atoms with van der Waals surface area (Å²) in [6, 6.07) is 5.29. The Balaban J connectivity index is 2.46. The number of sulfonamides is 1. The van der Waals surface area contributed by atoms with Gasteiger partial charge in [0, 0.05) is 19.1 Å². The number of aryl methyl sites for hydroxylation is 1. The predicted octanol–water partition coefficient (Wildman–Crippen LogP) is 1.80. The number of hydrogen-bond donors (Lipinski definition) is 1. The van der Waals surface area contributed by atoms with Gasteiger partial charge in [-0.25, -0.2) is 8.42 Å². The summed E-state index contributed by atoms with van der Waals surface area (Å²) >= 11 is 0. The fraction of sp³-hybridized carbons (Fsp3) is 0.538. The number of rotatable bonds is 3. The van der Waals surface area contributed by atoms with Crippen molar-refractivity contribution in [3.05, 3.63) is 29.3 Å². The third-order valence-corrected chi connectivity index (χ3v) is 5.46. The average Bonchev–Trinajstić information content (AvgIpc) is 2.82. The molecule has 2 rings (SSSR count). The van der Waals surface area contributed by atoms with E-state index < -0.39 is 10.0 Å². The molecule has 2 N–H and O–H groups in total. The Hall–Kier alpha value is -0.910. The normalized spacial score (nSPS) is 19.1. The fourth-order valence-electron chi connectivity index (χ4n) is 2.25. The highest BCUT2D eigenvalue weighted by molar-refractivity contribution is 7.89. The highest BCUT2D eigenvalue weighted by atomic mass is 32.2. The maximum absolute atomic E-state index is 12.5. The van der Waals surface area contributed by atoms with Gasteiger partial charge in [0.2, 0.25) is 10.0 Å². The van der Waals surface area contributed by atoms with Crippen molar-refractivity contribution in [1.29, 1.82) is 0 Å². The van der Waals surface area contributed by atoms with Crippen LogP contribution in [0.1, 0.15) is 36.9 Å². The molecular formula is C13H20N2O2S. The summed E-state index contributed by atoms with van der Waals surface area (Å²) in [4.78, 5) is 0.402. The molecular weight excluding hydrogens is 248 g/mol. The van der Waals surface area contributed by atoms with Crippen LogP contribution in [0.25, 0.3) is 0 Å². The molecule has 5 heteroatoms. The molecule has 1 aliphatic rings. The molecule has 1 aromatic carbocycles. The zero-order valence-electron chi connectivity index (χ0n) is 10.9. The largest absolute Gasteiger partial charge is 0.324 e. The van der Waals surface area contributed by atoms with Gasteiger partial charge < -0.3 is 5.73 Å². The lowest BCUT2D eigenvalue weighted by Crippen LogP contribution is -2.28. The van der Waals surface area contributed by atoms with Gasteiger partial charge in [-0.2, -0.15) is 4.31 Å². The number of nitrogens with zero attached hydrogens (tertiary/aromatic N) is 1. The summed E-state index contributed by atoms with van der Waals surface area (Å²) in [6.45, 7) is 4.94. The molecule has 0 radical (unpaired) electrons. The van der Waals surface area contributed by atoms with Crippen LogP contribution in [0.4, 0.5) is 0 Å². The van der Waals surface area contributed by atoms with E-state index in [0.717, 1.165) is 24.0 Å². The van der Waals surface area contributed by atoms with Gasteiger partial charge in [0.1, 0.15) is 0 Å². The molecule has 1 saturated heterocycles. The molecule has 1 aromatic rings. The summed E-state index contributed by atoms with van der Waals surface area (Å²) in [5, 5.41) is 0. The van der Waals surface area contributed by atoms with Crippen LogP contribution in [-0.2, 0) is 10.0 Å². The SMILES string of the molecule is Cc1ccc(C(C)N)cc1S(=O)(=O)N1CCCC1. The van der Waals surface area contributed by atoms with Crippen molar-refractivity contribution < 1.29 is 8.42 Å². The molecule has 18 heavy (non-hydrogen) atoms. The smallest absolute Gasteiger partial charge is 0.243 e. The summed E-state index contributed by atoms with van der Waals surface area (Å²) in [5.74, 6) is 0.